The number of carbonyl (C=O) groups is 2. The van der Waals surface area contributed by atoms with Crippen molar-refractivity contribution in [3.05, 3.63) is 0 Å². The molecule has 0 atom stereocenters. The Morgan fingerprint density at radius 1 is 1.60 bits per heavy atom. The Morgan fingerprint density at radius 3 is 2.40 bits per heavy atom. The van der Waals surface area contributed by atoms with Crippen molar-refractivity contribution in [1.29, 1.82) is 0 Å². The van der Waals surface area contributed by atoms with Crippen molar-refractivity contribution in [2.75, 3.05) is 7.05 Å². The first-order valence-corrected chi connectivity index (χ1v) is 3.19. The van der Waals surface area contributed by atoms with E-state index in [0.29, 0.717) is 0 Å². The molecule has 0 spiro atoms. The fourth-order valence-electron chi connectivity index (χ4n) is 0.544. The van der Waals surface area contributed by atoms with E-state index in [9.17, 15) is 9.59 Å². The van der Waals surface area contributed by atoms with Crippen LogP contribution in [0, 0.1) is 5.41 Å². The molecule has 0 bridgehead atoms. The summed E-state index contributed by atoms with van der Waals surface area (Å²) in [4.78, 5) is 21.0. The molecule has 10 heavy (non-hydrogen) atoms. The normalized spacial score (nSPS) is 10.7. The van der Waals surface area contributed by atoms with Crippen LogP contribution in [0.5, 0.6) is 0 Å². The van der Waals surface area contributed by atoms with Gasteiger partial charge in [0.1, 0.15) is 6.29 Å². The molecular formula is C7H13NO2. The van der Waals surface area contributed by atoms with E-state index < -0.39 is 5.41 Å². The lowest BCUT2D eigenvalue weighted by molar-refractivity contribution is -0.126. The highest BCUT2D eigenvalue weighted by molar-refractivity contribution is 5.80. The van der Waals surface area contributed by atoms with Crippen LogP contribution in [0.4, 0.5) is 0 Å². The van der Waals surface area contributed by atoms with Crippen molar-refractivity contribution in [2.24, 2.45) is 5.41 Å². The van der Waals surface area contributed by atoms with Gasteiger partial charge >= 0.3 is 0 Å². The van der Waals surface area contributed by atoms with Crippen molar-refractivity contribution in [3.63, 3.8) is 0 Å². The highest BCUT2D eigenvalue weighted by atomic mass is 16.1. The van der Waals surface area contributed by atoms with Crippen molar-refractivity contribution in [1.82, 2.24) is 5.32 Å². The number of carbonyl (C=O) groups excluding carboxylic acids is 2. The number of nitrogens with one attached hydrogen (secondary N) is 1. The smallest absolute Gasteiger partial charge is 0.220 e. The molecular weight excluding hydrogens is 130 g/mol. The number of rotatable bonds is 3. The van der Waals surface area contributed by atoms with Crippen molar-refractivity contribution in [3.8, 4) is 0 Å². The summed E-state index contributed by atoms with van der Waals surface area (Å²) in [6.45, 7) is 3.46. The Labute approximate surface area is 60.8 Å². The lowest BCUT2D eigenvalue weighted by atomic mass is 9.91. The maximum atomic E-state index is 10.7. The first-order valence-electron chi connectivity index (χ1n) is 3.19. The van der Waals surface area contributed by atoms with E-state index in [1.54, 1.807) is 20.9 Å². The Hall–Kier alpha value is -0.860. The van der Waals surface area contributed by atoms with Crippen LogP contribution in [0.3, 0.4) is 0 Å². The van der Waals surface area contributed by atoms with Gasteiger partial charge in [0, 0.05) is 18.9 Å². The maximum Gasteiger partial charge on any atom is 0.220 e. The third kappa shape index (κ3) is 3.22. The molecule has 0 heterocycles. The summed E-state index contributed by atoms with van der Waals surface area (Å²) in [6, 6.07) is 0. The molecule has 0 rings (SSSR count). The molecule has 0 aliphatic rings. The summed E-state index contributed by atoms with van der Waals surface area (Å²) >= 11 is 0. The second kappa shape index (κ2) is 3.34. The molecule has 1 amide bonds. The molecule has 0 saturated carbocycles. The van der Waals surface area contributed by atoms with Gasteiger partial charge in [0.25, 0.3) is 0 Å². The highest BCUT2D eigenvalue weighted by Crippen LogP contribution is 2.15. The van der Waals surface area contributed by atoms with Gasteiger partial charge in [-0.25, -0.2) is 0 Å². The molecule has 58 valence electrons. The van der Waals surface area contributed by atoms with Gasteiger partial charge in [-0.05, 0) is 0 Å². The molecule has 0 aromatic heterocycles. The van der Waals surface area contributed by atoms with Gasteiger partial charge < -0.3 is 10.1 Å². The summed E-state index contributed by atoms with van der Waals surface area (Å²) in [5.41, 5.74) is -0.528. The predicted molar refractivity (Wildman–Crippen MR) is 38.5 cm³/mol. The Kier molecular flexibility index (Phi) is 3.06. The topological polar surface area (TPSA) is 46.2 Å². The van der Waals surface area contributed by atoms with Gasteiger partial charge in [-0.3, -0.25) is 4.79 Å². The van der Waals surface area contributed by atoms with Gasteiger partial charge in [0.2, 0.25) is 5.91 Å². The van der Waals surface area contributed by atoms with Crippen LogP contribution in [0.2, 0.25) is 0 Å². The van der Waals surface area contributed by atoms with Crippen molar-refractivity contribution < 1.29 is 9.59 Å². The maximum absolute atomic E-state index is 10.7. The summed E-state index contributed by atoms with van der Waals surface area (Å²) < 4.78 is 0. The summed E-state index contributed by atoms with van der Waals surface area (Å²) in [5.74, 6) is -0.0999. The second-order valence-electron chi connectivity index (χ2n) is 2.96. The minimum Gasteiger partial charge on any atom is -0.359 e. The zero-order chi connectivity index (χ0) is 8.20. The first-order chi connectivity index (χ1) is 4.52. The molecule has 0 saturated heterocycles. The van der Waals surface area contributed by atoms with Crippen LogP contribution in [0.15, 0.2) is 0 Å². The van der Waals surface area contributed by atoms with Crippen LogP contribution >= 0.6 is 0 Å². The minimum atomic E-state index is -0.528. The molecule has 1 N–H and O–H groups in total. The van der Waals surface area contributed by atoms with E-state index in [4.69, 9.17) is 0 Å². The quantitative estimate of drug-likeness (QED) is 0.579. The fourth-order valence-corrected chi connectivity index (χ4v) is 0.544. The largest absolute Gasteiger partial charge is 0.359 e. The number of amides is 1. The third-order valence-electron chi connectivity index (χ3n) is 1.21. The average Bonchev–Trinajstić information content (AvgIpc) is 1.87. The lowest BCUT2D eigenvalue weighted by Crippen LogP contribution is -2.26. The summed E-state index contributed by atoms with van der Waals surface area (Å²) in [6.07, 6.45) is 1.05. The highest BCUT2D eigenvalue weighted by Gasteiger charge is 2.19. The van der Waals surface area contributed by atoms with Crippen molar-refractivity contribution >= 4 is 12.2 Å². The molecule has 0 aromatic carbocycles. The van der Waals surface area contributed by atoms with E-state index in [2.05, 4.69) is 5.32 Å². The van der Waals surface area contributed by atoms with E-state index in [1.807, 2.05) is 0 Å². The predicted octanol–water partition coefficient (Wildman–Crippen LogP) is 0.348. The van der Waals surface area contributed by atoms with E-state index in [-0.39, 0.29) is 12.3 Å². The first kappa shape index (κ1) is 9.14. The van der Waals surface area contributed by atoms with Crippen LogP contribution in [-0.4, -0.2) is 19.2 Å². The summed E-state index contributed by atoms with van der Waals surface area (Å²) in [7, 11) is 1.56. The molecule has 3 heteroatoms. The zero-order valence-corrected chi connectivity index (χ0v) is 6.60. The third-order valence-corrected chi connectivity index (χ3v) is 1.21. The molecule has 0 radical (unpaired) electrons. The molecule has 3 nitrogen and oxygen atoms in total. The molecule has 0 aliphatic carbocycles. The molecule has 0 fully saturated rings. The lowest BCUT2D eigenvalue weighted by Gasteiger charge is -2.14. The standard InChI is InChI=1S/C7H13NO2/c1-7(2,5-9)4-6(10)8-3/h5H,4H2,1-3H3,(H,8,10). The number of hydrogen-bond donors (Lipinski definition) is 1. The summed E-state index contributed by atoms with van der Waals surface area (Å²) in [5, 5.41) is 2.46. The van der Waals surface area contributed by atoms with Gasteiger partial charge in [-0.1, -0.05) is 13.8 Å². The van der Waals surface area contributed by atoms with Crippen LogP contribution < -0.4 is 5.32 Å². The van der Waals surface area contributed by atoms with E-state index in [0.717, 1.165) is 6.29 Å². The van der Waals surface area contributed by atoms with Gasteiger partial charge in [0.15, 0.2) is 0 Å². The zero-order valence-electron chi connectivity index (χ0n) is 6.60. The molecule has 0 unspecified atom stereocenters. The minimum absolute atomic E-state index is 0.0999. The molecule has 0 aliphatic heterocycles. The average molecular weight is 143 g/mol. The van der Waals surface area contributed by atoms with Crippen LogP contribution in [-0.2, 0) is 9.59 Å². The monoisotopic (exact) mass is 143 g/mol. The number of hydrogen-bond acceptors (Lipinski definition) is 2. The SMILES string of the molecule is CNC(=O)CC(C)(C)C=O. The van der Waals surface area contributed by atoms with Gasteiger partial charge in [-0.2, -0.15) is 0 Å². The van der Waals surface area contributed by atoms with Crippen LogP contribution in [0.25, 0.3) is 0 Å². The van der Waals surface area contributed by atoms with E-state index in [1.165, 1.54) is 0 Å². The second-order valence-corrected chi connectivity index (χ2v) is 2.96. The van der Waals surface area contributed by atoms with Gasteiger partial charge in [0.05, 0.1) is 0 Å². The van der Waals surface area contributed by atoms with E-state index >= 15 is 0 Å². The van der Waals surface area contributed by atoms with Gasteiger partial charge in [-0.15, -0.1) is 0 Å². The fraction of sp³-hybridized carbons (Fsp3) is 0.714. The molecule has 0 aromatic rings. The van der Waals surface area contributed by atoms with Crippen molar-refractivity contribution in [2.45, 2.75) is 20.3 Å². The number of aldehydes is 1. The Balaban J connectivity index is 3.88. The Morgan fingerprint density at radius 2 is 2.10 bits per heavy atom. The Bertz CT molecular complexity index is 141. The van der Waals surface area contributed by atoms with Crippen LogP contribution in [0.1, 0.15) is 20.3 Å².